The molecule has 0 spiro atoms. The SMILES string of the molecule is CC(=O)Nc1ccc(SC(C)C(=O)Nc2nc(C)c(Cc3ccc(C)cc3)s2)cc1. The average molecular weight is 440 g/mol. The van der Waals surface area contributed by atoms with Gasteiger partial charge in [0.2, 0.25) is 11.8 Å². The highest BCUT2D eigenvalue weighted by atomic mass is 32.2. The van der Waals surface area contributed by atoms with Crippen molar-refractivity contribution in [3.8, 4) is 0 Å². The molecule has 0 bridgehead atoms. The third-order valence-electron chi connectivity index (χ3n) is 4.46. The molecule has 0 radical (unpaired) electrons. The van der Waals surface area contributed by atoms with E-state index in [0.29, 0.717) is 5.13 Å². The number of nitrogens with zero attached hydrogens (tertiary/aromatic N) is 1. The quantitative estimate of drug-likeness (QED) is 0.482. The molecule has 0 aliphatic heterocycles. The Morgan fingerprint density at radius 3 is 2.33 bits per heavy atom. The Kier molecular flexibility index (Phi) is 7.29. The van der Waals surface area contributed by atoms with Crippen molar-refractivity contribution < 1.29 is 9.59 Å². The number of aryl methyl sites for hydroxylation is 2. The highest BCUT2D eigenvalue weighted by Gasteiger charge is 2.17. The minimum absolute atomic E-state index is 0.0819. The lowest BCUT2D eigenvalue weighted by Gasteiger charge is -2.11. The molecule has 3 rings (SSSR count). The predicted molar refractivity (Wildman–Crippen MR) is 126 cm³/mol. The van der Waals surface area contributed by atoms with Gasteiger partial charge in [-0.1, -0.05) is 29.8 Å². The highest BCUT2D eigenvalue weighted by Crippen LogP contribution is 2.28. The molecular weight excluding hydrogens is 414 g/mol. The molecule has 30 heavy (non-hydrogen) atoms. The summed E-state index contributed by atoms with van der Waals surface area (Å²) < 4.78 is 0. The van der Waals surface area contributed by atoms with Gasteiger partial charge in [0, 0.05) is 28.8 Å². The van der Waals surface area contributed by atoms with Crippen molar-refractivity contribution in [3.63, 3.8) is 0 Å². The molecule has 1 heterocycles. The fourth-order valence-corrected chi connectivity index (χ4v) is 4.69. The van der Waals surface area contributed by atoms with Crippen molar-refractivity contribution >= 4 is 45.7 Å². The number of amides is 2. The van der Waals surface area contributed by atoms with Crippen LogP contribution in [0.1, 0.15) is 35.5 Å². The van der Waals surface area contributed by atoms with Crippen LogP contribution in [-0.4, -0.2) is 22.0 Å². The zero-order valence-corrected chi connectivity index (χ0v) is 19.1. The minimum atomic E-state index is -0.277. The van der Waals surface area contributed by atoms with E-state index in [1.807, 2.05) is 38.1 Å². The number of nitrogens with one attached hydrogen (secondary N) is 2. The summed E-state index contributed by atoms with van der Waals surface area (Å²) in [5, 5.41) is 6.04. The average Bonchev–Trinajstić information content (AvgIpc) is 3.03. The van der Waals surface area contributed by atoms with Crippen LogP contribution >= 0.6 is 23.1 Å². The van der Waals surface area contributed by atoms with Gasteiger partial charge in [-0.25, -0.2) is 4.98 Å². The third kappa shape index (κ3) is 6.18. The maximum Gasteiger partial charge on any atom is 0.239 e. The second kappa shape index (κ2) is 9.91. The number of carbonyl (C=O) groups is 2. The van der Waals surface area contributed by atoms with Gasteiger partial charge >= 0.3 is 0 Å². The van der Waals surface area contributed by atoms with E-state index < -0.39 is 0 Å². The van der Waals surface area contributed by atoms with E-state index >= 15 is 0 Å². The molecule has 0 aliphatic rings. The molecule has 156 valence electrons. The first kappa shape index (κ1) is 22.1. The van der Waals surface area contributed by atoms with Crippen LogP contribution in [0.3, 0.4) is 0 Å². The number of anilines is 2. The van der Waals surface area contributed by atoms with Crippen LogP contribution in [0.25, 0.3) is 0 Å². The van der Waals surface area contributed by atoms with E-state index in [1.165, 1.54) is 41.1 Å². The van der Waals surface area contributed by atoms with Gasteiger partial charge in [-0.2, -0.15) is 0 Å². The number of hydrogen-bond donors (Lipinski definition) is 2. The van der Waals surface area contributed by atoms with Gasteiger partial charge in [-0.3, -0.25) is 9.59 Å². The molecule has 3 aromatic rings. The molecule has 2 amide bonds. The number of thioether (sulfide) groups is 1. The summed E-state index contributed by atoms with van der Waals surface area (Å²) in [6, 6.07) is 15.9. The van der Waals surface area contributed by atoms with Gasteiger partial charge in [0.1, 0.15) is 0 Å². The largest absolute Gasteiger partial charge is 0.326 e. The summed E-state index contributed by atoms with van der Waals surface area (Å²) in [4.78, 5) is 30.4. The maximum absolute atomic E-state index is 12.6. The topological polar surface area (TPSA) is 71.1 Å². The number of benzene rings is 2. The van der Waals surface area contributed by atoms with Gasteiger partial charge in [-0.15, -0.1) is 23.1 Å². The van der Waals surface area contributed by atoms with Gasteiger partial charge < -0.3 is 10.6 Å². The monoisotopic (exact) mass is 439 g/mol. The Bertz CT molecular complexity index is 1030. The van der Waals surface area contributed by atoms with Crippen LogP contribution in [0, 0.1) is 13.8 Å². The molecule has 7 heteroatoms. The molecule has 2 N–H and O–H groups in total. The van der Waals surface area contributed by atoms with Crippen molar-refractivity contribution in [1.29, 1.82) is 0 Å². The fraction of sp³-hybridized carbons (Fsp3) is 0.261. The van der Waals surface area contributed by atoms with Gasteiger partial charge in [0.15, 0.2) is 5.13 Å². The molecule has 1 aromatic heterocycles. The summed E-state index contributed by atoms with van der Waals surface area (Å²) in [7, 11) is 0. The Labute approximate surface area is 185 Å². The molecule has 0 saturated carbocycles. The van der Waals surface area contributed by atoms with Crippen LogP contribution < -0.4 is 10.6 Å². The maximum atomic E-state index is 12.6. The Morgan fingerprint density at radius 1 is 1.03 bits per heavy atom. The number of thiazole rings is 1. The van der Waals surface area contributed by atoms with Crippen molar-refractivity contribution in [1.82, 2.24) is 4.98 Å². The predicted octanol–water partition coefficient (Wildman–Crippen LogP) is 5.43. The number of aromatic nitrogens is 1. The van der Waals surface area contributed by atoms with Gasteiger partial charge in [0.05, 0.1) is 10.9 Å². The summed E-state index contributed by atoms with van der Waals surface area (Å²) in [6.07, 6.45) is 0.810. The summed E-state index contributed by atoms with van der Waals surface area (Å²) in [5.74, 6) is -0.190. The molecule has 1 unspecified atom stereocenters. The number of carbonyl (C=O) groups excluding carboxylic acids is 2. The van der Waals surface area contributed by atoms with Crippen molar-refractivity contribution in [2.45, 2.75) is 44.3 Å². The molecular formula is C23H25N3O2S2. The van der Waals surface area contributed by atoms with Crippen LogP contribution in [0.5, 0.6) is 0 Å². The first-order valence-electron chi connectivity index (χ1n) is 9.67. The summed E-state index contributed by atoms with van der Waals surface area (Å²) >= 11 is 2.99. The first-order valence-corrected chi connectivity index (χ1v) is 11.4. The van der Waals surface area contributed by atoms with Crippen molar-refractivity contribution in [3.05, 3.63) is 70.2 Å². The molecule has 0 fully saturated rings. The van der Waals surface area contributed by atoms with Crippen molar-refractivity contribution in [2.24, 2.45) is 0 Å². The third-order valence-corrected chi connectivity index (χ3v) is 6.65. The molecule has 1 atom stereocenters. The van der Waals surface area contributed by atoms with E-state index in [2.05, 4.69) is 46.8 Å². The normalized spacial score (nSPS) is 11.7. The highest BCUT2D eigenvalue weighted by molar-refractivity contribution is 8.00. The van der Waals surface area contributed by atoms with Crippen LogP contribution in [0.4, 0.5) is 10.8 Å². The van der Waals surface area contributed by atoms with E-state index in [4.69, 9.17) is 0 Å². The zero-order chi connectivity index (χ0) is 21.7. The smallest absolute Gasteiger partial charge is 0.239 e. The standard InChI is InChI=1S/C23H25N3O2S2/c1-14-5-7-18(8-6-14)13-21-15(2)24-23(30-21)26-22(28)16(3)29-20-11-9-19(10-12-20)25-17(4)27/h5-12,16H,13H2,1-4H3,(H,25,27)(H,24,26,28). The van der Waals surface area contributed by atoms with Crippen LogP contribution in [0.15, 0.2) is 53.4 Å². The molecule has 5 nitrogen and oxygen atoms in total. The lowest BCUT2D eigenvalue weighted by molar-refractivity contribution is -0.115. The minimum Gasteiger partial charge on any atom is -0.326 e. The lowest BCUT2D eigenvalue weighted by atomic mass is 10.1. The second-order valence-corrected chi connectivity index (χ2v) is 9.64. The number of hydrogen-bond acceptors (Lipinski definition) is 5. The lowest BCUT2D eigenvalue weighted by Crippen LogP contribution is -2.22. The van der Waals surface area contributed by atoms with Gasteiger partial charge in [-0.05, 0) is 50.6 Å². The summed E-state index contributed by atoms with van der Waals surface area (Å²) in [5.41, 5.74) is 4.16. The Hall–Kier alpha value is -2.64. The summed E-state index contributed by atoms with van der Waals surface area (Å²) in [6.45, 7) is 7.40. The van der Waals surface area contributed by atoms with Crippen molar-refractivity contribution in [2.75, 3.05) is 10.6 Å². The molecule has 0 saturated heterocycles. The van der Waals surface area contributed by atoms with E-state index in [-0.39, 0.29) is 17.1 Å². The fourth-order valence-electron chi connectivity index (χ4n) is 2.82. The van der Waals surface area contributed by atoms with Gasteiger partial charge in [0.25, 0.3) is 0 Å². The number of rotatable bonds is 7. The Morgan fingerprint density at radius 2 is 1.70 bits per heavy atom. The van der Waals surface area contributed by atoms with E-state index in [9.17, 15) is 9.59 Å². The Balaban J connectivity index is 1.58. The molecule has 0 aliphatic carbocycles. The second-order valence-electron chi connectivity index (χ2n) is 7.14. The molecule has 2 aromatic carbocycles. The van der Waals surface area contributed by atoms with E-state index in [1.54, 1.807) is 0 Å². The van der Waals surface area contributed by atoms with E-state index in [0.717, 1.165) is 27.6 Å². The zero-order valence-electron chi connectivity index (χ0n) is 17.5. The van der Waals surface area contributed by atoms with Crippen LogP contribution in [-0.2, 0) is 16.0 Å². The van der Waals surface area contributed by atoms with Crippen LogP contribution in [0.2, 0.25) is 0 Å². The first-order chi connectivity index (χ1) is 14.3.